The lowest BCUT2D eigenvalue weighted by Crippen LogP contribution is -2.24. The van der Waals surface area contributed by atoms with Crippen molar-refractivity contribution in [2.45, 2.75) is 47.0 Å². The van der Waals surface area contributed by atoms with Crippen molar-refractivity contribution in [1.29, 1.82) is 0 Å². The maximum absolute atomic E-state index is 3.69. The van der Waals surface area contributed by atoms with Gasteiger partial charge in [0, 0.05) is 6.54 Å². The fraction of sp³-hybridized carbons (Fsp3) is 0.714. The number of rotatable bonds is 8. The van der Waals surface area contributed by atoms with Crippen LogP contribution < -0.4 is 0 Å². The van der Waals surface area contributed by atoms with Crippen molar-refractivity contribution < 1.29 is 0 Å². The molecule has 0 saturated carbocycles. The van der Waals surface area contributed by atoms with Gasteiger partial charge in [-0.25, -0.2) is 0 Å². The first-order valence-corrected chi connectivity index (χ1v) is 6.33. The molecule has 0 saturated heterocycles. The van der Waals surface area contributed by atoms with Crippen LogP contribution in [0.3, 0.4) is 0 Å². The number of hydrogen-bond acceptors (Lipinski definition) is 1. The largest absolute Gasteiger partial charge is 0.300 e. The molecule has 1 nitrogen and oxygen atoms in total. The molecule has 90 valence electrons. The summed E-state index contributed by atoms with van der Waals surface area (Å²) in [5.41, 5.74) is 0. The van der Waals surface area contributed by atoms with Gasteiger partial charge in [-0.05, 0) is 32.4 Å². The Balaban J connectivity index is 0. The van der Waals surface area contributed by atoms with Gasteiger partial charge in [0.2, 0.25) is 0 Å². The monoisotopic (exact) mass is 211 g/mol. The molecular formula is C14H29N. The minimum atomic E-state index is 1.09. The van der Waals surface area contributed by atoms with Gasteiger partial charge in [-0.1, -0.05) is 45.9 Å². The van der Waals surface area contributed by atoms with E-state index in [1.165, 1.54) is 13.0 Å². The van der Waals surface area contributed by atoms with Crippen molar-refractivity contribution in [3.8, 4) is 0 Å². The van der Waals surface area contributed by atoms with E-state index >= 15 is 0 Å². The Bertz CT molecular complexity index is 138. The van der Waals surface area contributed by atoms with Crippen LogP contribution in [0.2, 0.25) is 0 Å². The van der Waals surface area contributed by atoms with Crippen molar-refractivity contribution in [2.75, 3.05) is 19.6 Å². The molecule has 0 aromatic heterocycles. The number of unbranched alkanes of at least 4 members (excludes halogenated alkanes) is 1. The maximum atomic E-state index is 3.69. The normalized spacial score (nSPS) is 10.2. The number of likely N-dealkylation sites (N-methyl/N-ethyl adjacent to an activating group) is 1. The molecular weight excluding hydrogens is 182 g/mol. The zero-order chi connectivity index (χ0) is 11.9. The molecule has 1 heteroatoms. The highest BCUT2D eigenvalue weighted by Crippen LogP contribution is 1.94. The molecule has 0 bridgehead atoms. The second kappa shape index (κ2) is 15.9. The summed E-state index contributed by atoms with van der Waals surface area (Å²) in [4.78, 5) is 2.45. The quantitative estimate of drug-likeness (QED) is 0.428. The molecule has 0 fully saturated rings. The van der Waals surface area contributed by atoms with Crippen molar-refractivity contribution in [2.24, 2.45) is 0 Å². The van der Waals surface area contributed by atoms with E-state index in [2.05, 4.69) is 37.5 Å². The fourth-order valence-electron chi connectivity index (χ4n) is 1.25. The molecule has 0 unspecified atom stereocenters. The predicted molar refractivity (Wildman–Crippen MR) is 72.3 cm³/mol. The summed E-state index contributed by atoms with van der Waals surface area (Å²) in [5.74, 6) is 0. The molecule has 0 aromatic rings. The fourth-order valence-corrected chi connectivity index (χ4v) is 1.25. The van der Waals surface area contributed by atoms with Gasteiger partial charge in [0.1, 0.15) is 0 Å². The third-order valence-electron chi connectivity index (χ3n) is 2.05. The van der Waals surface area contributed by atoms with Crippen LogP contribution in [0.1, 0.15) is 47.0 Å². The van der Waals surface area contributed by atoms with Gasteiger partial charge in [0.05, 0.1) is 0 Å². The lowest BCUT2D eigenvalue weighted by atomic mass is 10.3. The minimum absolute atomic E-state index is 1.09. The first-order chi connectivity index (χ1) is 7.35. The van der Waals surface area contributed by atoms with Gasteiger partial charge in [0.15, 0.2) is 0 Å². The van der Waals surface area contributed by atoms with Crippen molar-refractivity contribution in [1.82, 2.24) is 4.90 Å². The maximum Gasteiger partial charge on any atom is 0.0163 e. The van der Waals surface area contributed by atoms with Crippen LogP contribution in [0.25, 0.3) is 0 Å². The van der Waals surface area contributed by atoms with E-state index in [0.29, 0.717) is 0 Å². The Morgan fingerprint density at radius 2 is 1.73 bits per heavy atom. The third kappa shape index (κ3) is 13.4. The summed E-state index contributed by atoms with van der Waals surface area (Å²) in [6.45, 7) is 15.6. The number of allylic oxidation sites excluding steroid dienone is 2. The van der Waals surface area contributed by atoms with Crippen LogP contribution in [0.15, 0.2) is 24.8 Å². The van der Waals surface area contributed by atoms with Gasteiger partial charge >= 0.3 is 0 Å². The zero-order valence-electron chi connectivity index (χ0n) is 11.1. The second-order valence-corrected chi connectivity index (χ2v) is 3.23. The van der Waals surface area contributed by atoms with E-state index in [9.17, 15) is 0 Å². The highest BCUT2D eigenvalue weighted by molar-refractivity contribution is 4.86. The number of hydrogen-bond donors (Lipinski definition) is 0. The van der Waals surface area contributed by atoms with E-state index in [-0.39, 0.29) is 0 Å². The summed E-state index contributed by atoms with van der Waals surface area (Å²) in [6.07, 6.45) is 9.95. The van der Waals surface area contributed by atoms with Crippen LogP contribution in [-0.2, 0) is 0 Å². The Labute approximate surface area is 96.9 Å². The van der Waals surface area contributed by atoms with Gasteiger partial charge in [0.25, 0.3) is 0 Å². The van der Waals surface area contributed by atoms with Crippen LogP contribution in [-0.4, -0.2) is 24.5 Å². The molecule has 0 spiro atoms. The van der Waals surface area contributed by atoms with Crippen LogP contribution >= 0.6 is 0 Å². The highest BCUT2D eigenvalue weighted by Gasteiger charge is 1.95. The van der Waals surface area contributed by atoms with Gasteiger partial charge in [-0.15, -0.1) is 6.58 Å². The smallest absolute Gasteiger partial charge is 0.0163 e. The molecule has 0 aliphatic rings. The van der Waals surface area contributed by atoms with Crippen LogP contribution in [0, 0.1) is 0 Å². The molecule has 0 aliphatic carbocycles. The first-order valence-electron chi connectivity index (χ1n) is 6.33. The minimum Gasteiger partial charge on any atom is -0.300 e. The predicted octanol–water partition coefficient (Wildman–Crippen LogP) is 4.27. The van der Waals surface area contributed by atoms with E-state index in [0.717, 1.165) is 25.9 Å². The Morgan fingerprint density at radius 1 is 1.07 bits per heavy atom. The summed E-state index contributed by atoms with van der Waals surface area (Å²) >= 11 is 0. The molecule has 0 atom stereocenters. The first kappa shape index (κ1) is 16.9. The molecule has 0 amide bonds. The standard InChI is InChI=1S/C12H23N.C2H6/c1-4-7-8-9-10-12-13(6-3)11-5-2;1-2/h4,9-10H,1,5-8,11-12H2,2-3H3;1-2H3/b10-9+;. The molecule has 0 rings (SSSR count). The summed E-state index contributed by atoms with van der Waals surface area (Å²) in [6, 6.07) is 0. The van der Waals surface area contributed by atoms with Crippen molar-refractivity contribution in [3.05, 3.63) is 24.8 Å². The molecule has 0 aliphatic heterocycles. The van der Waals surface area contributed by atoms with Crippen molar-refractivity contribution in [3.63, 3.8) is 0 Å². The van der Waals surface area contributed by atoms with E-state index < -0.39 is 0 Å². The zero-order valence-corrected chi connectivity index (χ0v) is 11.1. The summed E-state index contributed by atoms with van der Waals surface area (Å²) in [7, 11) is 0. The molecule has 0 N–H and O–H groups in total. The van der Waals surface area contributed by atoms with E-state index in [4.69, 9.17) is 0 Å². The van der Waals surface area contributed by atoms with Crippen LogP contribution in [0.5, 0.6) is 0 Å². The SMILES string of the molecule is C=CCC/C=C/CN(CC)CCC.CC. The topological polar surface area (TPSA) is 3.24 Å². The second-order valence-electron chi connectivity index (χ2n) is 3.23. The van der Waals surface area contributed by atoms with Gasteiger partial charge in [-0.2, -0.15) is 0 Å². The Hall–Kier alpha value is -0.560. The molecule has 0 radical (unpaired) electrons. The van der Waals surface area contributed by atoms with E-state index in [1.807, 2.05) is 19.9 Å². The van der Waals surface area contributed by atoms with Gasteiger partial charge in [-0.3, -0.25) is 4.90 Å². The summed E-state index contributed by atoms with van der Waals surface area (Å²) < 4.78 is 0. The van der Waals surface area contributed by atoms with Gasteiger partial charge < -0.3 is 0 Å². The lowest BCUT2D eigenvalue weighted by Gasteiger charge is -2.16. The molecule has 15 heavy (non-hydrogen) atoms. The average Bonchev–Trinajstić information content (AvgIpc) is 2.30. The van der Waals surface area contributed by atoms with Crippen LogP contribution in [0.4, 0.5) is 0 Å². The molecule has 0 aromatic carbocycles. The van der Waals surface area contributed by atoms with E-state index in [1.54, 1.807) is 0 Å². The lowest BCUT2D eigenvalue weighted by molar-refractivity contribution is 0.319. The molecule has 0 heterocycles. The Kier molecular flexibility index (Phi) is 17.9. The number of nitrogens with zero attached hydrogens (tertiary/aromatic N) is 1. The van der Waals surface area contributed by atoms with Crippen molar-refractivity contribution >= 4 is 0 Å². The highest BCUT2D eigenvalue weighted by atomic mass is 15.1. The average molecular weight is 211 g/mol. The Morgan fingerprint density at radius 3 is 2.20 bits per heavy atom. The third-order valence-corrected chi connectivity index (χ3v) is 2.05. The summed E-state index contributed by atoms with van der Waals surface area (Å²) in [5, 5.41) is 0.